The van der Waals surface area contributed by atoms with Gasteiger partial charge in [0.1, 0.15) is 0 Å². The van der Waals surface area contributed by atoms with E-state index in [2.05, 4.69) is 4.98 Å². The van der Waals surface area contributed by atoms with Gasteiger partial charge in [0.05, 0.1) is 6.33 Å². The van der Waals surface area contributed by atoms with Crippen LogP contribution in [0, 0.1) is 0 Å². The summed E-state index contributed by atoms with van der Waals surface area (Å²) in [4.78, 5) is 27.2. The fourth-order valence-electron chi connectivity index (χ4n) is 1.47. The van der Waals surface area contributed by atoms with Crippen LogP contribution >= 0.6 is 0 Å². The van der Waals surface area contributed by atoms with Crippen LogP contribution in [0.2, 0.25) is 0 Å². The molecule has 0 aromatic carbocycles. The second kappa shape index (κ2) is 3.96. The van der Waals surface area contributed by atoms with E-state index < -0.39 is 0 Å². The summed E-state index contributed by atoms with van der Waals surface area (Å²) in [6, 6.07) is 0. The van der Waals surface area contributed by atoms with Gasteiger partial charge in [0.2, 0.25) is 0 Å². The quantitative estimate of drug-likeness (QED) is 0.496. The van der Waals surface area contributed by atoms with Crippen LogP contribution in [0.1, 0.15) is 0 Å². The van der Waals surface area contributed by atoms with Gasteiger partial charge in [-0.1, -0.05) is 0 Å². The first kappa shape index (κ1) is 12.2. The number of fused-ring (bicyclic) bond motifs is 1. The monoisotopic (exact) mass is 218 g/mol. The summed E-state index contributed by atoms with van der Waals surface area (Å²) in [5.41, 5.74) is 0.180. The molecule has 0 aliphatic rings. The summed E-state index contributed by atoms with van der Waals surface area (Å²) < 4.78 is 4.04. The molecule has 2 aromatic rings. The summed E-state index contributed by atoms with van der Waals surface area (Å²) in [7, 11) is 4.77. The molecule has 0 amide bonds. The van der Waals surface area contributed by atoms with E-state index >= 15 is 0 Å². The molecule has 76 valence electrons. The molecule has 0 aliphatic carbocycles. The summed E-state index contributed by atoms with van der Waals surface area (Å²) >= 11 is 0. The van der Waals surface area contributed by atoms with Crippen molar-refractivity contribution in [1.29, 1.82) is 0 Å². The van der Waals surface area contributed by atoms with Gasteiger partial charge in [0, 0.05) is 21.1 Å². The second-order valence-electron chi connectivity index (χ2n) is 3.23. The zero-order chi connectivity index (χ0) is 10.5. The molecule has 0 fully saturated rings. The Hall–Kier alpha value is -0.850. The third-order valence-corrected chi connectivity index (χ3v) is 2.32. The minimum absolute atomic E-state index is 0. The van der Waals surface area contributed by atoms with E-state index in [4.69, 9.17) is 0 Å². The van der Waals surface area contributed by atoms with Gasteiger partial charge < -0.3 is 4.57 Å². The van der Waals surface area contributed by atoms with E-state index in [0.717, 1.165) is 4.57 Å². The molecule has 15 heavy (non-hydrogen) atoms. The molecule has 0 saturated carbocycles. The topological polar surface area (TPSA) is 61.8 Å². The number of nitrogens with zero attached hydrogens (tertiary/aromatic N) is 4. The average Bonchev–Trinajstić information content (AvgIpc) is 2.54. The molecule has 0 unspecified atom stereocenters. The first-order chi connectivity index (χ1) is 6.54. The molecule has 0 radical (unpaired) electrons. The number of imidazole rings is 1. The van der Waals surface area contributed by atoms with Gasteiger partial charge >= 0.3 is 35.2 Å². The van der Waals surface area contributed by atoms with Gasteiger partial charge in [-0.15, -0.1) is 0 Å². The molecule has 2 heterocycles. The molecule has 0 spiro atoms. The van der Waals surface area contributed by atoms with Crippen LogP contribution in [0.25, 0.3) is 11.2 Å². The Morgan fingerprint density at radius 3 is 2.33 bits per heavy atom. The maximum atomic E-state index is 11.7. The van der Waals surface area contributed by atoms with Crippen LogP contribution in [0.3, 0.4) is 0 Å². The van der Waals surface area contributed by atoms with Crippen LogP contribution in [-0.2, 0) is 21.1 Å². The van der Waals surface area contributed by atoms with Crippen molar-refractivity contribution in [1.82, 2.24) is 18.7 Å². The predicted molar refractivity (Wildman–Crippen MR) is 58.3 cm³/mol. The summed E-state index contributed by atoms with van der Waals surface area (Å²) in [6.45, 7) is 0. The van der Waals surface area contributed by atoms with Gasteiger partial charge in [-0.3, -0.25) is 13.9 Å². The molecular weight excluding hydrogens is 207 g/mol. The summed E-state index contributed by atoms with van der Waals surface area (Å²) in [5.74, 6) is 0. The Morgan fingerprint density at radius 2 is 1.73 bits per heavy atom. The molecule has 0 N–H and O–H groups in total. The molecule has 0 aliphatic heterocycles. The van der Waals surface area contributed by atoms with Crippen molar-refractivity contribution in [2.24, 2.45) is 21.1 Å². The van der Waals surface area contributed by atoms with E-state index in [1.807, 2.05) is 0 Å². The van der Waals surface area contributed by atoms with Crippen LogP contribution < -0.4 is 11.2 Å². The number of rotatable bonds is 0. The average molecular weight is 218 g/mol. The molecule has 2 rings (SSSR count). The summed E-state index contributed by atoms with van der Waals surface area (Å²) in [5, 5.41) is 0. The first-order valence-corrected chi connectivity index (χ1v) is 4.11. The zero-order valence-electron chi connectivity index (χ0n) is 8.18. The van der Waals surface area contributed by atoms with Gasteiger partial charge in [0.25, 0.3) is 5.56 Å². The van der Waals surface area contributed by atoms with Crippen LogP contribution in [0.5, 0.6) is 0 Å². The summed E-state index contributed by atoms with van der Waals surface area (Å²) in [6.07, 6.45) is 1.52. The first-order valence-electron chi connectivity index (χ1n) is 4.11. The Kier molecular flexibility index (Phi) is 3.22. The standard InChI is InChI=1S/C8H10N4O2.Na.H/c1-10-4-9-6-5(10)7(13)12(3)8(14)11(6)2;;/h4H,1-3H3;;. The third-order valence-electron chi connectivity index (χ3n) is 2.32. The second-order valence-corrected chi connectivity index (χ2v) is 3.23. The van der Waals surface area contributed by atoms with Crippen molar-refractivity contribution in [3.05, 3.63) is 27.2 Å². The maximum absolute atomic E-state index is 11.7. The van der Waals surface area contributed by atoms with Gasteiger partial charge in [-0.05, 0) is 0 Å². The number of aryl methyl sites for hydroxylation is 2. The van der Waals surface area contributed by atoms with Crippen molar-refractivity contribution < 1.29 is 0 Å². The number of hydrogen-bond donors (Lipinski definition) is 0. The van der Waals surface area contributed by atoms with Crippen molar-refractivity contribution in [3.8, 4) is 0 Å². The molecule has 0 saturated heterocycles. The van der Waals surface area contributed by atoms with Gasteiger partial charge in [0.15, 0.2) is 11.2 Å². The molecule has 6 nitrogen and oxygen atoms in total. The van der Waals surface area contributed by atoms with Gasteiger partial charge in [-0.2, -0.15) is 0 Å². The van der Waals surface area contributed by atoms with E-state index in [9.17, 15) is 9.59 Å². The van der Waals surface area contributed by atoms with Crippen LogP contribution in [-0.4, -0.2) is 48.2 Å². The van der Waals surface area contributed by atoms with Crippen molar-refractivity contribution >= 4 is 40.7 Å². The Balaban J connectivity index is 0.00000112. The fraction of sp³-hybridized carbons (Fsp3) is 0.375. The van der Waals surface area contributed by atoms with Crippen molar-refractivity contribution in [3.63, 3.8) is 0 Å². The predicted octanol–water partition coefficient (Wildman–Crippen LogP) is -1.68. The zero-order valence-corrected chi connectivity index (χ0v) is 8.18. The Labute approximate surface area is 107 Å². The minimum atomic E-state index is -0.360. The fourth-order valence-corrected chi connectivity index (χ4v) is 1.47. The number of hydrogen-bond acceptors (Lipinski definition) is 3. The number of aromatic nitrogens is 4. The molecular formula is C8H11N4NaO2. The molecule has 7 heteroatoms. The van der Waals surface area contributed by atoms with E-state index in [1.165, 1.54) is 17.9 Å². The van der Waals surface area contributed by atoms with Crippen LogP contribution in [0.4, 0.5) is 0 Å². The Morgan fingerprint density at radius 1 is 1.13 bits per heavy atom. The van der Waals surface area contributed by atoms with E-state index in [-0.39, 0.29) is 40.8 Å². The SMILES string of the molecule is Cn1c(=O)c2c(ncn2C)n(C)c1=O.[NaH]. The van der Waals surface area contributed by atoms with Crippen molar-refractivity contribution in [2.75, 3.05) is 0 Å². The normalized spacial score (nSPS) is 10.3. The third kappa shape index (κ3) is 1.58. The molecule has 2 aromatic heterocycles. The van der Waals surface area contributed by atoms with E-state index in [0.29, 0.717) is 11.2 Å². The van der Waals surface area contributed by atoms with Gasteiger partial charge in [-0.25, -0.2) is 9.78 Å². The van der Waals surface area contributed by atoms with Crippen LogP contribution in [0.15, 0.2) is 15.9 Å². The molecule has 0 atom stereocenters. The van der Waals surface area contributed by atoms with Crippen molar-refractivity contribution in [2.45, 2.75) is 0 Å². The Bertz CT molecular complexity index is 622. The van der Waals surface area contributed by atoms with E-state index in [1.54, 1.807) is 18.7 Å². The molecule has 0 bridgehead atoms.